The predicted molar refractivity (Wildman–Crippen MR) is 348 cm³/mol. The second-order valence-corrected chi connectivity index (χ2v) is 30.7. The SMILES string of the molecule is CC(C)(C)[Si](F)(c1ccc(C(=O)N[C@@H](CNC(=O)CN2CCN(CC(=O)O)CCN(CC(=O)O)CCN(CC(=O)O)CC2)C(=O)N[C@H](CCCCNC(=O)CCC(=O)NCCC[C@H](NC(=O)CC[C@H](NC(=O)N[C@@H](CCCC(=O)O)C(=O)O)C(=O)O)C(=O)O)C(=O)O)cc1)C(C)(C)C. The molecule has 5 atom stereocenters. The number of nitrogens with zero attached hydrogens (tertiary/aromatic N) is 4. The van der Waals surface area contributed by atoms with Crippen molar-refractivity contribution >= 4 is 103 Å². The highest BCUT2D eigenvalue weighted by molar-refractivity contribution is 6.90. The number of aliphatic carboxylic acids is 8. The number of carboxylic acid groups (broad SMARTS) is 8. The van der Waals surface area contributed by atoms with E-state index in [0.717, 1.165) is 0 Å². The van der Waals surface area contributed by atoms with Crippen LogP contribution in [0.15, 0.2) is 24.3 Å². The van der Waals surface area contributed by atoms with Gasteiger partial charge in [0.15, 0.2) is 0 Å². The summed E-state index contributed by atoms with van der Waals surface area (Å²) < 4.78 is 17.2. The van der Waals surface area contributed by atoms with Gasteiger partial charge in [-0.05, 0) is 78.8 Å². The molecular weight excluding hydrogens is 1320 g/mol. The minimum Gasteiger partial charge on any atom is -0.481 e. The van der Waals surface area contributed by atoms with E-state index in [9.17, 15) is 108 Å². The molecule has 16 N–H and O–H groups in total. The zero-order valence-corrected chi connectivity index (χ0v) is 57.2. The second-order valence-electron chi connectivity index (χ2n) is 25.8. The number of hydrogen-bond acceptors (Lipinski definition) is 19. The van der Waals surface area contributed by atoms with Gasteiger partial charge in [-0.3, -0.25) is 67.5 Å². The number of hydrogen-bond donors (Lipinski definition) is 16. The Morgan fingerprint density at radius 2 is 0.796 bits per heavy atom. The first-order chi connectivity index (χ1) is 45.7. The van der Waals surface area contributed by atoms with E-state index in [1.807, 2.05) is 10.6 Å². The third kappa shape index (κ3) is 32.4. The predicted octanol–water partition coefficient (Wildman–Crippen LogP) is -1.56. The molecule has 0 bridgehead atoms. The van der Waals surface area contributed by atoms with E-state index in [0.29, 0.717) is 5.19 Å². The van der Waals surface area contributed by atoms with Crippen molar-refractivity contribution in [2.45, 2.75) is 159 Å². The molecule has 1 aromatic rings. The first-order valence-corrected chi connectivity index (χ1v) is 33.9. The zero-order valence-electron chi connectivity index (χ0n) is 56.2. The topological polar surface area (TPSA) is 527 Å². The minimum absolute atomic E-state index is 0.00385. The van der Waals surface area contributed by atoms with Gasteiger partial charge < -0.3 is 87.5 Å². The molecular formula is C61H97FN12O23Si. The molecule has 1 aliphatic heterocycles. The Morgan fingerprint density at radius 1 is 0.408 bits per heavy atom. The van der Waals surface area contributed by atoms with Crippen LogP contribution in [0.4, 0.5) is 8.90 Å². The van der Waals surface area contributed by atoms with Gasteiger partial charge in [0.2, 0.25) is 29.5 Å². The molecule has 2 rings (SSSR count). The summed E-state index contributed by atoms with van der Waals surface area (Å²) in [4.78, 5) is 192. The van der Waals surface area contributed by atoms with Crippen molar-refractivity contribution in [1.29, 1.82) is 0 Å². The minimum atomic E-state index is -3.78. The molecule has 1 heterocycles. The summed E-state index contributed by atoms with van der Waals surface area (Å²) in [5.41, 5.74) is 0.00385. The lowest BCUT2D eigenvalue weighted by molar-refractivity contribution is -0.142. The number of rotatable bonds is 41. The van der Waals surface area contributed by atoms with E-state index < -0.39 is 170 Å². The van der Waals surface area contributed by atoms with Crippen LogP contribution >= 0.6 is 0 Å². The summed E-state index contributed by atoms with van der Waals surface area (Å²) >= 11 is 0. The molecule has 1 aliphatic rings. The summed E-state index contributed by atoms with van der Waals surface area (Å²) in [6, 6.07) is -3.36. The summed E-state index contributed by atoms with van der Waals surface area (Å²) in [7, 11) is -3.78. The largest absolute Gasteiger partial charge is 0.481 e. The highest BCUT2D eigenvalue weighted by Gasteiger charge is 2.56. The van der Waals surface area contributed by atoms with Gasteiger partial charge in [0.1, 0.15) is 30.2 Å². The van der Waals surface area contributed by atoms with Crippen LogP contribution in [0.3, 0.4) is 0 Å². The van der Waals surface area contributed by atoms with Crippen LogP contribution in [-0.4, -0.2) is 286 Å². The van der Waals surface area contributed by atoms with Gasteiger partial charge >= 0.3 is 53.8 Å². The van der Waals surface area contributed by atoms with Crippen molar-refractivity contribution in [2.24, 2.45) is 0 Å². The van der Waals surface area contributed by atoms with Crippen molar-refractivity contribution in [2.75, 3.05) is 98.2 Å². The van der Waals surface area contributed by atoms with Gasteiger partial charge in [-0.25, -0.2) is 24.0 Å². The zero-order chi connectivity index (χ0) is 74.1. The van der Waals surface area contributed by atoms with Gasteiger partial charge in [0, 0.05) is 103 Å². The molecule has 1 fully saturated rings. The number of amides is 8. The molecule has 0 aliphatic carbocycles. The molecule has 0 aromatic heterocycles. The Morgan fingerprint density at radius 3 is 1.21 bits per heavy atom. The molecule has 0 saturated carbocycles. The molecule has 1 saturated heterocycles. The molecule has 35 nitrogen and oxygen atoms in total. The third-order valence-corrected chi connectivity index (χ3v) is 21.2. The molecule has 8 amide bonds. The van der Waals surface area contributed by atoms with Crippen LogP contribution in [-0.2, 0) is 62.3 Å². The highest BCUT2D eigenvalue weighted by Crippen LogP contribution is 2.51. The van der Waals surface area contributed by atoms with Crippen LogP contribution in [0, 0.1) is 0 Å². The Labute approximate surface area is 566 Å². The third-order valence-electron chi connectivity index (χ3n) is 15.9. The molecule has 0 unspecified atom stereocenters. The molecule has 1 aromatic carbocycles. The summed E-state index contributed by atoms with van der Waals surface area (Å²) in [6.07, 6.45) is -2.59. The van der Waals surface area contributed by atoms with Gasteiger partial charge in [-0.2, -0.15) is 0 Å². The van der Waals surface area contributed by atoms with E-state index >= 15 is 4.11 Å². The van der Waals surface area contributed by atoms with Crippen LogP contribution in [0.5, 0.6) is 0 Å². The summed E-state index contributed by atoms with van der Waals surface area (Å²) in [5.74, 6) is -15.3. The van der Waals surface area contributed by atoms with E-state index in [1.54, 1.807) is 61.1 Å². The van der Waals surface area contributed by atoms with Crippen molar-refractivity contribution < 1.29 is 117 Å². The molecule has 0 spiro atoms. The van der Waals surface area contributed by atoms with E-state index in [1.165, 1.54) is 24.3 Å². The quantitative estimate of drug-likeness (QED) is 0.0200. The normalized spacial score (nSPS) is 15.5. The number of benzene rings is 1. The first-order valence-electron chi connectivity index (χ1n) is 32.0. The smallest absolute Gasteiger partial charge is 0.326 e. The molecule has 37 heteroatoms. The van der Waals surface area contributed by atoms with Crippen LogP contribution in [0.25, 0.3) is 0 Å². The molecule has 98 heavy (non-hydrogen) atoms. The number of carbonyl (C=O) groups excluding carboxylic acids is 7. The Kier molecular flexibility index (Phi) is 36.5. The fourth-order valence-electron chi connectivity index (χ4n) is 10.9. The van der Waals surface area contributed by atoms with Gasteiger partial charge in [0.05, 0.1) is 26.2 Å². The van der Waals surface area contributed by atoms with Crippen molar-refractivity contribution in [3.05, 3.63) is 29.8 Å². The maximum Gasteiger partial charge on any atom is 0.326 e. The van der Waals surface area contributed by atoms with Gasteiger partial charge in [0.25, 0.3) is 14.3 Å². The monoisotopic (exact) mass is 1410 g/mol. The number of nitrogens with one attached hydrogen (secondary N) is 8. The average Bonchev–Trinajstić information content (AvgIpc) is 0.749. The van der Waals surface area contributed by atoms with Crippen molar-refractivity contribution in [3.8, 4) is 0 Å². The number of unbranched alkanes of at least 4 members (excludes halogenated alkanes) is 1. The van der Waals surface area contributed by atoms with Crippen molar-refractivity contribution in [1.82, 2.24) is 62.1 Å². The lowest BCUT2D eigenvalue weighted by Gasteiger charge is -2.44. The Hall–Kier alpha value is -8.94. The number of urea groups is 1. The van der Waals surface area contributed by atoms with Crippen molar-refractivity contribution in [3.63, 3.8) is 0 Å². The number of halogens is 1. The van der Waals surface area contributed by atoms with Gasteiger partial charge in [-0.1, -0.05) is 53.7 Å². The van der Waals surface area contributed by atoms with Crippen LogP contribution < -0.4 is 47.7 Å². The first kappa shape index (κ1) is 85.1. The molecule has 550 valence electrons. The molecule has 0 radical (unpaired) electrons. The Balaban J connectivity index is 2.09. The standard InChI is InChI=1S/C61H97FN12O23Si/c1-60(2,3)98(62,61(4,5)6)39-17-15-38(16-18-39)53(87)68-44(33-65-48(78)34-71-25-27-72(35-50(81)82)29-31-74(37-52(85)86)32-30-73(28-26-71)36-51(83)84)54(88)67-41(56(91)92)11-7-8-23-63-45(75)21-22-46(76)64-24-10-13-40(55(89)90)66-47(77)20-19-43(58(95)96)70-59(97)69-42(57(93)94)12-9-14-49(79)80/h15-18,40-44H,7-14,19-37H2,1-6H3,(H,63,75)(H,64,76)(H,65,78)(H,66,77)(H,67,88)(H,68,87)(H,79,80)(H,81,82)(H,83,84)(H,85,86)(H,89,90)(H,91,92)(H,93,94)(H,95,96)(H2,69,70,97)/t40-,41+,42-,43-,44-/m0/s1. The maximum absolute atomic E-state index is 17.2. The fourth-order valence-corrected chi connectivity index (χ4v) is 15.5. The lowest BCUT2D eigenvalue weighted by atomic mass is 10.1. The van der Waals surface area contributed by atoms with Crippen LogP contribution in [0.1, 0.15) is 129 Å². The summed E-state index contributed by atoms with van der Waals surface area (Å²) in [5, 5.41) is 94.1. The van der Waals surface area contributed by atoms with E-state index in [-0.39, 0.29) is 148 Å². The summed E-state index contributed by atoms with van der Waals surface area (Å²) in [6.45, 7) is 9.37. The fraction of sp³-hybridized carbons (Fsp3) is 0.656. The number of carboxylic acids is 8. The van der Waals surface area contributed by atoms with Crippen LogP contribution in [0.2, 0.25) is 10.1 Å². The second kappa shape index (κ2) is 42.0. The Bertz CT molecular complexity index is 2890. The van der Waals surface area contributed by atoms with Gasteiger partial charge in [-0.15, -0.1) is 0 Å². The van der Waals surface area contributed by atoms with E-state index in [2.05, 4.69) is 31.9 Å². The number of carbonyl (C=O) groups is 15. The lowest BCUT2D eigenvalue weighted by Crippen LogP contribution is -2.58. The highest BCUT2D eigenvalue weighted by atomic mass is 28.4. The maximum atomic E-state index is 17.2. The average molecular weight is 1410 g/mol. The van der Waals surface area contributed by atoms with E-state index in [4.69, 9.17) is 5.11 Å².